The highest BCUT2D eigenvalue weighted by Gasteiger charge is 2.16. The summed E-state index contributed by atoms with van der Waals surface area (Å²) in [5.41, 5.74) is 2.08. The van der Waals surface area contributed by atoms with Gasteiger partial charge >= 0.3 is 0 Å². The third kappa shape index (κ3) is 5.82. The van der Waals surface area contributed by atoms with Crippen LogP contribution in [0.25, 0.3) is 0 Å². The third-order valence-corrected chi connectivity index (χ3v) is 5.94. The van der Waals surface area contributed by atoms with Crippen LogP contribution in [0.5, 0.6) is 5.75 Å². The van der Waals surface area contributed by atoms with Gasteiger partial charge in [0.15, 0.2) is 5.13 Å². The van der Waals surface area contributed by atoms with E-state index in [4.69, 9.17) is 4.74 Å². The number of thioether (sulfide) groups is 1. The van der Waals surface area contributed by atoms with Gasteiger partial charge in [0, 0.05) is 21.5 Å². The molecule has 2 amide bonds. The van der Waals surface area contributed by atoms with E-state index in [1.807, 2.05) is 43.5 Å². The lowest BCUT2D eigenvalue weighted by molar-refractivity contribution is -0.115. The number of carbonyl (C=O) groups excluding carboxylic acids is 2. The molecule has 1 unspecified atom stereocenters. The van der Waals surface area contributed by atoms with E-state index >= 15 is 0 Å². The molecule has 1 heterocycles. The van der Waals surface area contributed by atoms with Gasteiger partial charge < -0.3 is 15.4 Å². The maximum atomic E-state index is 12.4. The van der Waals surface area contributed by atoms with Crippen molar-refractivity contribution in [3.05, 3.63) is 65.2 Å². The normalized spacial score (nSPS) is 11.6. The molecule has 3 rings (SSSR count). The second-order valence-corrected chi connectivity index (χ2v) is 8.53. The average molecular weight is 428 g/mol. The first kappa shape index (κ1) is 20.9. The van der Waals surface area contributed by atoms with Gasteiger partial charge in [0.2, 0.25) is 5.91 Å². The Bertz CT molecular complexity index is 1000. The molecule has 2 N–H and O–H groups in total. The number of carbonyl (C=O) groups is 2. The lowest BCUT2D eigenvalue weighted by Crippen LogP contribution is -2.22. The van der Waals surface area contributed by atoms with Crippen molar-refractivity contribution in [2.75, 3.05) is 17.7 Å². The lowest BCUT2D eigenvalue weighted by atomic mass is 10.2. The number of hydrogen-bond donors (Lipinski definition) is 2. The smallest absolute Gasteiger partial charge is 0.255 e. The number of rotatable bonds is 7. The van der Waals surface area contributed by atoms with Crippen molar-refractivity contribution >= 4 is 45.7 Å². The summed E-state index contributed by atoms with van der Waals surface area (Å²) in [6.45, 7) is 3.72. The minimum absolute atomic E-state index is 0.114. The molecule has 0 saturated carbocycles. The molecule has 2 aromatic carbocycles. The Kier molecular flexibility index (Phi) is 6.90. The van der Waals surface area contributed by atoms with Crippen LogP contribution in [0.3, 0.4) is 0 Å². The van der Waals surface area contributed by atoms with Crippen molar-refractivity contribution in [1.29, 1.82) is 0 Å². The highest BCUT2D eigenvalue weighted by Crippen LogP contribution is 2.27. The van der Waals surface area contributed by atoms with E-state index in [-0.39, 0.29) is 17.1 Å². The predicted octanol–water partition coefficient (Wildman–Crippen LogP) is 4.83. The average Bonchev–Trinajstić information content (AvgIpc) is 3.12. The molecule has 6 nitrogen and oxygen atoms in total. The van der Waals surface area contributed by atoms with Gasteiger partial charge in [-0.05, 0) is 56.3 Å². The van der Waals surface area contributed by atoms with Gasteiger partial charge in [-0.1, -0.05) is 6.07 Å². The van der Waals surface area contributed by atoms with Gasteiger partial charge in [-0.2, -0.15) is 0 Å². The molecule has 150 valence electrons. The fraction of sp³-hybridized carbons (Fsp3) is 0.190. The Morgan fingerprint density at radius 3 is 2.55 bits per heavy atom. The quantitative estimate of drug-likeness (QED) is 0.528. The summed E-state index contributed by atoms with van der Waals surface area (Å²) in [6.07, 6.45) is 0. The van der Waals surface area contributed by atoms with Crippen molar-refractivity contribution in [2.24, 2.45) is 0 Å². The van der Waals surface area contributed by atoms with Crippen molar-refractivity contribution in [2.45, 2.75) is 24.0 Å². The standard InChI is InChI=1S/C21H21N3O3S2/c1-13-12-28-21(22-13)24-19(25)14(2)29-18-6-4-5-16(11-18)23-20(26)15-7-9-17(27-3)10-8-15/h4-12,14H,1-3H3,(H,23,26)(H,22,24,25). The molecule has 0 aliphatic heterocycles. The second-order valence-electron chi connectivity index (χ2n) is 6.25. The van der Waals surface area contributed by atoms with E-state index in [1.165, 1.54) is 23.1 Å². The summed E-state index contributed by atoms with van der Waals surface area (Å²) in [4.78, 5) is 29.9. The monoisotopic (exact) mass is 427 g/mol. The number of thiazole rings is 1. The summed E-state index contributed by atoms with van der Waals surface area (Å²) >= 11 is 2.82. The van der Waals surface area contributed by atoms with Crippen LogP contribution in [0.4, 0.5) is 10.8 Å². The Hall–Kier alpha value is -2.84. The van der Waals surface area contributed by atoms with E-state index in [1.54, 1.807) is 31.4 Å². The first-order valence-electron chi connectivity index (χ1n) is 8.89. The predicted molar refractivity (Wildman–Crippen MR) is 118 cm³/mol. The zero-order valence-corrected chi connectivity index (χ0v) is 17.9. The molecule has 8 heteroatoms. The number of anilines is 2. The number of methoxy groups -OCH3 is 1. The zero-order chi connectivity index (χ0) is 20.8. The molecule has 0 spiro atoms. The van der Waals surface area contributed by atoms with Crippen LogP contribution in [-0.4, -0.2) is 29.2 Å². The summed E-state index contributed by atoms with van der Waals surface area (Å²) in [5.74, 6) is 0.372. The van der Waals surface area contributed by atoms with Crippen molar-refractivity contribution in [1.82, 2.24) is 4.98 Å². The molecule has 0 saturated heterocycles. The van der Waals surface area contributed by atoms with Gasteiger partial charge in [-0.15, -0.1) is 23.1 Å². The highest BCUT2D eigenvalue weighted by atomic mass is 32.2. The van der Waals surface area contributed by atoms with Crippen LogP contribution in [-0.2, 0) is 4.79 Å². The molecule has 1 atom stereocenters. The largest absolute Gasteiger partial charge is 0.497 e. The first-order valence-corrected chi connectivity index (χ1v) is 10.7. The second kappa shape index (κ2) is 9.58. The molecule has 3 aromatic rings. The van der Waals surface area contributed by atoms with Crippen LogP contribution in [0, 0.1) is 6.92 Å². The van der Waals surface area contributed by atoms with E-state index in [2.05, 4.69) is 15.6 Å². The molecule has 0 fully saturated rings. The van der Waals surface area contributed by atoms with Gasteiger partial charge in [0.25, 0.3) is 5.91 Å². The Labute approximate surface area is 177 Å². The number of aryl methyl sites for hydroxylation is 1. The van der Waals surface area contributed by atoms with Gasteiger partial charge in [0.1, 0.15) is 5.75 Å². The topological polar surface area (TPSA) is 80.3 Å². The molecular formula is C21H21N3O3S2. The molecule has 29 heavy (non-hydrogen) atoms. The molecule has 0 aliphatic rings. The summed E-state index contributed by atoms with van der Waals surface area (Å²) < 4.78 is 5.11. The summed E-state index contributed by atoms with van der Waals surface area (Å²) in [5, 5.41) is 7.88. The maximum absolute atomic E-state index is 12.4. The number of nitrogens with zero attached hydrogens (tertiary/aromatic N) is 1. The van der Waals surface area contributed by atoms with Crippen LogP contribution < -0.4 is 15.4 Å². The number of aromatic nitrogens is 1. The lowest BCUT2D eigenvalue weighted by Gasteiger charge is -2.12. The number of benzene rings is 2. The van der Waals surface area contributed by atoms with Gasteiger partial charge in [-0.25, -0.2) is 4.98 Å². The number of ether oxygens (including phenoxy) is 1. The third-order valence-electron chi connectivity index (χ3n) is 3.98. The molecular weight excluding hydrogens is 406 g/mol. The molecule has 0 bridgehead atoms. The molecule has 1 aromatic heterocycles. The minimum atomic E-state index is -0.313. The Morgan fingerprint density at radius 2 is 1.90 bits per heavy atom. The van der Waals surface area contributed by atoms with Gasteiger partial charge in [0.05, 0.1) is 18.1 Å². The van der Waals surface area contributed by atoms with Crippen LogP contribution in [0.2, 0.25) is 0 Å². The van der Waals surface area contributed by atoms with Crippen LogP contribution in [0.15, 0.2) is 58.8 Å². The van der Waals surface area contributed by atoms with E-state index < -0.39 is 0 Å². The number of amides is 2. The molecule has 0 radical (unpaired) electrons. The Morgan fingerprint density at radius 1 is 1.14 bits per heavy atom. The fourth-order valence-electron chi connectivity index (χ4n) is 2.47. The fourth-order valence-corrected chi connectivity index (χ4v) is 4.09. The highest BCUT2D eigenvalue weighted by molar-refractivity contribution is 8.00. The molecule has 0 aliphatic carbocycles. The van der Waals surface area contributed by atoms with Crippen LogP contribution in [0.1, 0.15) is 23.0 Å². The van der Waals surface area contributed by atoms with Gasteiger partial charge in [-0.3, -0.25) is 9.59 Å². The summed E-state index contributed by atoms with van der Waals surface area (Å²) in [6, 6.07) is 14.3. The Balaban J connectivity index is 1.60. The van der Waals surface area contributed by atoms with Crippen molar-refractivity contribution in [3.8, 4) is 5.75 Å². The van der Waals surface area contributed by atoms with Crippen molar-refractivity contribution < 1.29 is 14.3 Å². The van der Waals surface area contributed by atoms with Crippen LogP contribution >= 0.6 is 23.1 Å². The SMILES string of the molecule is COc1ccc(C(=O)Nc2cccc(SC(C)C(=O)Nc3nc(C)cs3)c2)cc1. The number of hydrogen-bond acceptors (Lipinski definition) is 6. The minimum Gasteiger partial charge on any atom is -0.497 e. The first-order chi connectivity index (χ1) is 13.9. The van der Waals surface area contributed by atoms with E-state index in [0.717, 1.165) is 10.6 Å². The zero-order valence-electron chi connectivity index (χ0n) is 16.3. The maximum Gasteiger partial charge on any atom is 0.255 e. The van der Waals surface area contributed by atoms with E-state index in [9.17, 15) is 9.59 Å². The van der Waals surface area contributed by atoms with Crippen molar-refractivity contribution in [3.63, 3.8) is 0 Å². The summed E-state index contributed by atoms with van der Waals surface area (Å²) in [7, 11) is 1.58. The van der Waals surface area contributed by atoms with E-state index in [0.29, 0.717) is 22.1 Å². The number of nitrogens with one attached hydrogen (secondary N) is 2.